The molecule has 3 aromatic heterocycles. The highest BCUT2D eigenvalue weighted by atomic mass is 19.4. The van der Waals surface area contributed by atoms with Crippen LogP contribution < -0.4 is 10.6 Å². The zero-order chi connectivity index (χ0) is 29.0. The van der Waals surface area contributed by atoms with Gasteiger partial charge in [-0.1, -0.05) is 32.9 Å². The number of carbonyl (C=O) groups is 1. The maximum Gasteiger partial charge on any atom is 0.405 e. The Labute approximate surface area is 222 Å². The van der Waals surface area contributed by atoms with Crippen LogP contribution in [0, 0.1) is 6.92 Å². The fraction of sp³-hybridized carbons (Fsp3) is 0.308. The lowest BCUT2D eigenvalue weighted by atomic mass is 10.1. The SMILES string of the molecule is CC.CCc1ccc(-n2cc(NC=O)c(C(F)F)n2)cc1.Cc1coc(-c2ccnc(NCC(F)(F)F)c2)n1. The lowest BCUT2D eigenvalue weighted by Crippen LogP contribution is -2.21. The first-order chi connectivity index (χ1) is 18.6. The van der Waals surface area contributed by atoms with E-state index in [2.05, 4.69) is 25.7 Å². The van der Waals surface area contributed by atoms with Gasteiger partial charge in [-0.2, -0.15) is 18.3 Å². The van der Waals surface area contributed by atoms with Gasteiger partial charge in [0.05, 0.1) is 23.3 Å². The molecule has 0 aliphatic heterocycles. The van der Waals surface area contributed by atoms with E-state index in [9.17, 15) is 26.7 Å². The summed E-state index contributed by atoms with van der Waals surface area (Å²) in [6.07, 6.45) is -1.52. The van der Waals surface area contributed by atoms with E-state index in [4.69, 9.17) is 4.42 Å². The van der Waals surface area contributed by atoms with Crippen LogP contribution in [0.4, 0.5) is 33.5 Å². The van der Waals surface area contributed by atoms with E-state index >= 15 is 0 Å². The number of alkyl halides is 5. The van der Waals surface area contributed by atoms with Crippen LogP contribution in [0.3, 0.4) is 0 Å². The van der Waals surface area contributed by atoms with Crippen molar-refractivity contribution in [3.63, 3.8) is 0 Å². The molecule has 8 nitrogen and oxygen atoms in total. The molecule has 4 aromatic rings. The Morgan fingerprint density at radius 3 is 2.36 bits per heavy atom. The number of anilines is 2. The van der Waals surface area contributed by atoms with Crippen molar-refractivity contribution in [2.45, 2.75) is 46.7 Å². The molecule has 0 radical (unpaired) electrons. The second-order valence-corrected chi connectivity index (χ2v) is 7.65. The van der Waals surface area contributed by atoms with E-state index in [1.165, 1.54) is 29.4 Å². The van der Waals surface area contributed by atoms with Crippen molar-refractivity contribution in [1.82, 2.24) is 19.7 Å². The van der Waals surface area contributed by atoms with Gasteiger partial charge >= 0.3 is 6.18 Å². The zero-order valence-corrected chi connectivity index (χ0v) is 21.8. The van der Waals surface area contributed by atoms with Gasteiger partial charge in [-0.25, -0.2) is 23.4 Å². The Morgan fingerprint density at radius 1 is 1.13 bits per heavy atom. The van der Waals surface area contributed by atoms with Crippen LogP contribution in [-0.4, -0.2) is 38.9 Å². The number of nitrogens with one attached hydrogen (secondary N) is 2. The Hall–Kier alpha value is -4.29. The molecule has 0 aliphatic rings. The van der Waals surface area contributed by atoms with Gasteiger partial charge in [-0.05, 0) is 43.2 Å². The third-order valence-corrected chi connectivity index (χ3v) is 4.87. The van der Waals surface area contributed by atoms with Crippen molar-refractivity contribution in [1.29, 1.82) is 0 Å². The van der Waals surface area contributed by atoms with E-state index in [0.29, 0.717) is 29.2 Å². The highest BCUT2D eigenvalue weighted by molar-refractivity contribution is 5.72. The highest BCUT2D eigenvalue weighted by Gasteiger charge is 2.26. The number of hydrogen-bond acceptors (Lipinski definition) is 6. The molecule has 210 valence electrons. The molecule has 0 aliphatic carbocycles. The number of benzene rings is 1. The number of aryl methyl sites for hydroxylation is 2. The van der Waals surface area contributed by atoms with Crippen molar-refractivity contribution in [2.75, 3.05) is 17.2 Å². The molecular weight excluding hydrogens is 523 g/mol. The van der Waals surface area contributed by atoms with Gasteiger partial charge in [-0.3, -0.25) is 4.79 Å². The summed E-state index contributed by atoms with van der Waals surface area (Å²) < 4.78 is 68.2. The average Bonchev–Trinajstić information content (AvgIpc) is 3.56. The molecule has 39 heavy (non-hydrogen) atoms. The quantitative estimate of drug-likeness (QED) is 0.181. The molecule has 0 atom stereocenters. The zero-order valence-electron chi connectivity index (χ0n) is 21.8. The summed E-state index contributed by atoms with van der Waals surface area (Å²) >= 11 is 0. The highest BCUT2D eigenvalue weighted by Crippen LogP contribution is 2.26. The van der Waals surface area contributed by atoms with Crippen LogP contribution in [0.5, 0.6) is 0 Å². The predicted molar refractivity (Wildman–Crippen MR) is 138 cm³/mol. The standard InChI is InChI=1S/C13H13F2N3O.C11H10F3N3O.C2H6/c1-2-9-3-5-10(6-4-9)18-7-11(16-8-19)12(17-18)13(14)15;1-7-5-18-10(17-7)8-2-3-15-9(4-8)16-6-11(12,13)14;1-2/h3-8,13H,2H2,1H3,(H,16,19);2-5H,6H2,1H3,(H,15,16);1-2H3. The minimum absolute atomic E-state index is 0.0181. The van der Waals surface area contributed by atoms with Gasteiger partial charge in [0, 0.05) is 11.8 Å². The molecule has 3 heterocycles. The molecular formula is C26H29F5N6O2. The molecule has 13 heteroatoms. The normalized spacial score (nSPS) is 10.7. The van der Waals surface area contributed by atoms with Crippen molar-refractivity contribution in [2.24, 2.45) is 0 Å². The molecule has 0 fully saturated rings. The molecule has 1 aromatic carbocycles. The van der Waals surface area contributed by atoms with Gasteiger partial charge in [0.15, 0.2) is 5.69 Å². The number of amides is 1. The molecule has 2 N–H and O–H groups in total. The van der Waals surface area contributed by atoms with Crippen LogP contribution >= 0.6 is 0 Å². The van der Waals surface area contributed by atoms with Crippen molar-refractivity contribution in [3.8, 4) is 17.1 Å². The van der Waals surface area contributed by atoms with Crippen LogP contribution in [0.15, 0.2) is 59.5 Å². The number of rotatable bonds is 8. The lowest BCUT2D eigenvalue weighted by Gasteiger charge is -2.08. The molecule has 0 bridgehead atoms. The molecule has 0 saturated carbocycles. The first-order valence-corrected chi connectivity index (χ1v) is 12.0. The van der Waals surface area contributed by atoms with Gasteiger partial charge in [0.2, 0.25) is 12.3 Å². The van der Waals surface area contributed by atoms with Crippen molar-refractivity contribution >= 4 is 17.9 Å². The molecule has 1 amide bonds. The largest absolute Gasteiger partial charge is 0.444 e. The Balaban J connectivity index is 0.000000258. The van der Waals surface area contributed by atoms with E-state index in [1.54, 1.807) is 25.1 Å². The summed E-state index contributed by atoms with van der Waals surface area (Å²) in [4.78, 5) is 18.3. The van der Waals surface area contributed by atoms with Crippen LogP contribution in [0.25, 0.3) is 17.1 Å². The second kappa shape index (κ2) is 14.6. The maximum absolute atomic E-state index is 12.8. The van der Waals surface area contributed by atoms with Crippen molar-refractivity contribution < 1.29 is 31.2 Å². The van der Waals surface area contributed by atoms with Crippen molar-refractivity contribution in [3.05, 3.63) is 72.0 Å². The summed E-state index contributed by atoms with van der Waals surface area (Å²) in [5, 5.41) is 8.22. The van der Waals surface area contributed by atoms with Crippen LogP contribution in [-0.2, 0) is 11.2 Å². The lowest BCUT2D eigenvalue weighted by molar-refractivity contribution is -0.115. The van der Waals surface area contributed by atoms with E-state index in [-0.39, 0.29) is 11.5 Å². The van der Waals surface area contributed by atoms with Gasteiger partial charge in [0.1, 0.15) is 18.6 Å². The number of oxazole rings is 1. The minimum atomic E-state index is -4.28. The number of carbonyl (C=O) groups excluding carboxylic acids is 1. The summed E-state index contributed by atoms with van der Waals surface area (Å²) in [6.45, 7) is 6.66. The van der Waals surface area contributed by atoms with Gasteiger partial charge in [-0.15, -0.1) is 0 Å². The molecule has 0 unspecified atom stereocenters. The monoisotopic (exact) mass is 552 g/mol. The number of hydrogen-bond donors (Lipinski definition) is 2. The average molecular weight is 553 g/mol. The number of aromatic nitrogens is 4. The van der Waals surface area contributed by atoms with E-state index in [1.807, 2.05) is 32.9 Å². The third kappa shape index (κ3) is 9.51. The number of nitrogens with zero attached hydrogens (tertiary/aromatic N) is 4. The molecule has 4 rings (SSSR count). The Kier molecular flexibility index (Phi) is 11.6. The molecule has 0 saturated heterocycles. The third-order valence-electron chi connectivity index (χ3n) is 4.87. The fourth-order valence-electron chi connectivity index (χ4n) is 3.08. The Bertz CT molecular complexity index is 1300. The predicted octanol–water partition coefficient (Wildman–Crippen LogP) is 6.99. The summed E-state index contributed by atoms with van der Waals surface area (Å²) in [7, 11) is 0. The van der Waals surface area contributed by atoms with E-state index < -0.39 is 24.8 Å². The second-order valence-electron chi connectivity index (χ2n) is 7.65. The van der Waals surface area contributed by atoms with Crippen LogP contribution in [0.1, 0.15) is 44.1 Å². The Morgan fingerprint density at radius 2 is 1.82 bits per heavy atom. The number of halogens is 5. The smallest absolute Gasteiger partial charge is 0.405 e. The summed E-state index contributed by atoms with van der Waals surface area (Å²) in [6, 6.07) is 10.5. The minimum Gasteiger partial charge on any atom is -0.444 e. The molecule has 0 spiro atoms. The van der Waals surface area contributed by atoms with Crippen LogP contribution in [0.2, 0.25) is 0 Å². The maximum atomic E-state index is 12.8. The first kappa shape index (κ1) is 30.9. The topological polar surface area (TPSA) is 97.9 Å². The first-order valence-electron chi connectivity index (χ1n) is 12.0. The summed E-state index contributed by atoms with van der Waals surface area (Å²) in [5.74, 6) is 0.477. The van der Waals surface area contributed by atoms with Gasteiger partial charge in [0.25, 0.3) is 6.43 Å². The summed E-state index contributed by atoms with van der Waals surface area (Å²) in [5.41, 5.74) is 2.67. The van der Waals surface area contributed by atoms with E-state index in [0.717, 1.165) is 12.0 Å². The fourth-order valence-corrected chi connectivity index (χ4v) is 3.08. The number of pyridine rings is 1. The van der Waals surface area contributed by atoms with Gasteiger partial charge < -0.3 is 15.1 Å².